The maximum absolute atomic E-state index is 12.1. The van der Waals surface area contributed by atoms with E-state index in [1.807, 2.05) is 11.6 Å². The first-order valence-corrected chi connectivity index (χ1v) is 9.66. The van der Waals surface area contributed by atoms with Gasteiger partial charge in [-0.05, 0) is 56.8 Å². The van der Waals surface area contributed by atoms with Gasteiger partial charge >= 0.3 is 0 Å². The van der Waals surface area contributed by atoms with Gasteiger partial charge in [0, 0.05) is 24.7 Å². The van der Waals surface area contributed by atoms with E-state index in [0.29, 0.717) is 29.9 Å². The van der Waals surface area contributed by atoms with Crippen LogP contribution in [0.2, 0.25) is 0 Å². The molecule has 0 aromatic carbocycles. The van der Waals surface area contributed by atoms with E-state index in [-0.39, 0.29) is 5.91 Å². The van der Waals surface area contributed by atoms with Crippen molar-refractivity contribution < 1.29 is 4.79 Å². The van der Waals surface area contributed by atoms with Crippen LogP contribution in [0.25, 0.3) is 0 Å². The number of thiocarbonyl (C=S) groups is 1. The van der Waals surface area contributed by atoms with Crippen LogP contribution in [0.4, 0.5) is 0 Å². The van der Waals surface area contributed by atoms with Gasteiger partial charge in [-0.3, -0.25) is 20.3 Å². The van der Waals surface area contributed by atoms with E-state index >= 15 is 0 Å². The number of nitrogens with one attached hydrogen (secondary N) is 3. The molecule has 1 aliphatic carbocycles. The zero-order valence-electron chi connectivity index (χ0n) is 15.8. The maximum Gasteiger partial charge on any atom is 0.238 e. The molecule has 1 aliphatic rings. The smallest absolute Gasteiger partial charge is 0.238 e. The van der Waals surface area contributed by atoms with Crippen LogP contribution in [0.1, 0.15) is 62.9 Å². The van der Waals surface area contributed by atoms with E-state index in [4.69, 9.17) is 12.2 Å². The second-order valence-corrected chi connectivity index (χ2v) is 7.76. The molecule has 0 spiro atoms. The number of hydrazine groups is 1. The van der Waals surface area contributed by atoms with Crippen molar-refractivity contribution in [2.45, 2.75) is 78.8 Å². The third-order valence-electron chi connectivity index (χ3n) is 4.68. The Morgan fingerprint density at radius 2 is 1.96 bits per heavy atom. The molecular weight excluding hydrogens is 334 g/mol. The van der Waals surface area contributed by atoms with E-state index in [1.165, 1.54) is 18.4 Å². The molecule has 0 aliphatic heterocycles. The van der Waals surface area contributed by atoms with Crippen molar-refractivity contribution in [1.29, 1.82) is 0 Å². The van der Waals surface area contributed by atoms with Gasteiger partial charge in [-0.2, -0.15) is 5.10 Å². The summed E-state index contributed by atoms with van der Waals surface area (Å²) >= 11 is 5.22. The van der Waals surface area contributed by atoms with Gasteiger partial charge in [0.05, 0.1) is 5.69 Å². The van der Waals surface area contributed by atoms with Crippen molar-refractivity contribution in [3.8, 4) is 0 Å². The number of nitrogens with zero attached hydrogens (tertiary/aromatic N) is 2. The fourth-order valence-corrected chi connectivity index (χ4v) is 3.56. The standard InChI is InChI=1S/C18H31N5OS/c1-12(2)11-23-14(4)16(13(3)22-23)9-10-17(24)20-21-18(25)19-15-7-5-6-8-15/h12,15H,5-11H2,1-4H3,(H,20,24)(H2,19,21,25). The normalized spacial score (nSPS) is 14.8. The van der Waals surface area contributed by atoms with Gasteiger partial charge in [-0.1, -0.05) is 26.7 Å². The number of hydrogen-bond acceptors (Lipinski definition) is 3. The van der Waals surface area contributed by atoms with Gasteiger partial charge in [0.25, 0.3) is 0 Å². The van der Waals surface area contributed by atoms with Gasteiger partial charge in [0.2, 0.25) is 5.91 Å². The molecule has 1 saturated carbocycles. The van der Waals surface area contributed by atoms with Gasteiger partial charge in [0.15, 0.2) is 5.11 Å². The Hall–Kier alpha value is -1.63. The zero-order valence-corrected chi connectivity index (χ0v) is 16.6. The summed E-state index contributed by atoms with van der Waals surface area (Å²) in [6, 6.07) is 0.439. The highest BCUT2D eigenvalue weighted by atomic mass is 32.1. The highest BCUT2D eigenvalue weighted by molar-refractivity contribution is 7.80. The molecule has 1 heterocycles. The Morgan fingerprint density at radius 1 is 1.28 bits per heavy atom. The average Bonchev–Trinajstić information content (AvgIpc) is 3.12. The number of carbonyl (C=O) groups is 1. The SMILES string of the molecule is Cc1nn(CC(C)C)c(C)c1CCC(=O)NNC(=S)NC1CCCC1. The van der Waals surface area contributed by atoms with Crippen LogP contribution in [0.15, 0.2) is 0 Å². The predicted octanol–water partition coefficient (Wildman–Crippen LogP) is 2.53. The lowest BCUT2D eigenvalue weighted by Gasteiger charge is -2.16. The first kappa shape index (κ1) is 19.7. The molecule has 1 aromatic rings. The van der Waals surface area contributed by atoms with Crippen LogP contribution in [0.3, 0.4) is 0 Å². The molecule has 0 unspecified atom stereocenters. The summed E-state index contributed by atoms with van der Waals surface area (Å²) in [4.78, 5) is 12.1. The summed E-state index contributed by atoms with van der Waals surface area (Å²) in [5.74, 6) is 0.484. The molecule has 0 bridgehead atoms. The molecule has 1 aromatic heterocycles. The molecule has 7 heteroatoms. The highest BCUT2D eigenvalue weighted by Crippen LogP contribution is 2.17. The molecule has 6 nitrogen and oxygen atoms in total. The van der Waals surface area contributed by atoms with Crippen molar-refractivity contribution in [3.05, 3.63) is 17.0 Å². The van der Waals surface area contributed by atoms with Crippen molar-refractivity contribution >= 4 is 23.2 Å². The van der Waals surface area contributed by atoms with E-state index in [1.54, 1.807) is 0 Å². The number of hydrogen-bond donors (Lipinski definition) is 3. The number of rotatable bonds is 6. The quantitative estimate of drug-likeness (QED) is 0.534. The van der Waals surface area contributed by atoms with Crippen LogP contribution >= 0.6 is 12.2 Å². The molecule has 1 amide bonds. The summed E-state index contributed by atoms with van der Waals surface area (Å²) < 4.78 is 2.05. The Morgan fingerprint density at radius 3 is 2.60 bits per heavy atom. The largest absolute Gasteiger partial charge is 0.359 e. The van der Waals surface area contributed by atoms with E-state index in [0.717, 1.165) is 30.8 Å². The fourth-order valence-electron chi connectivity index (χ4n) is 3.34. The summed E-state index contributed by atoms with van der Waals surface area (Å²) in [6.45, 7) is 9.35. The Balaban J connectivity index is 1.76. The van der Waals surface area contributed by atoms with Crippen LogP contribution in [-0.4, -0.2) is 26.8 Å². The molecule has 1 fully saturated rings. The van der Waals surface area contributed by atoms with Crippen LogP contribution in [0, 0.1) is 19.8 Å². The number of aryl methyl sites for hydroxylation is 1. The van der Waals surface area contributed by atoms with E-state index in [9.17, 15) is 4.79 Å². The Kier molecular flexibility index (Phi) is 7.23. The van der Waals surface area contributed by atoms with Crippen LogP contribution < -0.4 is 16.2 Å². The summed E-state index contributed by atoms with van der Waals surface area (Å²) in [5, 5.41) is 8.34. The molecule has 0 saturated heterocycles. The molecule has 140 valence electrons. The Bertz CT molecular complexity index is 605. The van der Waals surface area contributed by atoms with Crippen molar-refractivity contribution in [1.82, 2.24) is 25.9 Å². The molecule has 2 rings (SSSR count). The van der Waals surface area contributed by atoms with Crippen molar-refractivity contribution in [3.63, 3.8) is 0 Å². The minimum atomic E-state index is -0.0639. The first-order chi connectivity index (χ1) is 11.9. The topological polar surface area (TPSA) is 71.0 Å². The molecule has 0 atom stereocenters. The van der Waals surface area contributed by atoms with Crippen molar-refractivity contribution in [2.75, 3.05) is 0 Å². The van der Waals surface area contributed by atoms with Gasteiger partial charge in [-0.15, -0.1) is 0 Å². The average molecular weight is 366 g/mol. The minimum Gasteiger partial charge on any atom is -0.359 e. The van der Waals surface area contributed by atoms with E-state index < -0.39 is 0 Å². The number of amides is 1. The van der Waals surface area contributed by atoms with Crippen LogP contribution in [-0.2, 0) is 17.8 Å². The monoisotopic (exact) mass is 365 g/mol. The third-order valence-corrected chi connectivity index (χ3v) is 4.90. The second-order valence-electron chi connectivity index (χ2n) is 7.35. The number of carbonyl (C=O) groups excluding carboxylic acids is 1. The van der Waals surface area contributed by atoms with Crippen molar-refractivity contribution in [2.24, 2.45) is 5.92 Å². The lowest BCUT2D eigenvalue weighted by Crippen LogP contribution is -2.49. The maximum atomic E-state index is 12.1. The molecule has 3 N–H and O–H groups in total. The third kappa shape index (κ3) is 5.99. The molecule has 0 radical (unpaired) electrons. The van der Waals surface area contributed by atoms with E-state index in [2.05, 4.69) is 42.0 Å². The lowest BCUT2D eigenvalue weighted by molar-refractivity contribution is -0.121. The molecule has 25 heavy (non-hydrogen) atoms. The summed E-state index contributed by atoms with van der Waals surface area (Å²) in [5.41, 5.74) is 8.83. The molecular formula is C18H31N5OS. The highest BCUT2D eigenvalue weighted by Gasteiger charge is 2.16. The van der Waals surface area contributed by atoms with Gasteiger partial charge in [0.1, 0.15) is 0 Å². The Labute approximate surface area is 156 Å². The lowest BCUT2D eigenvalue weighted by atomic mass is 10.1. The fraction of sp³-hybridized carbons (Fsp3) is 0.722. The second kappa shape index (κ2) is 9.17. The summed E-state index contributed by atoms with van der Waals surface area (Å²) in [7, 11) is 0. The summed E-state index contributed by atoms with van der Waals surface area (Å²) in [6.07, 6.45) is 5.88. The van der Waals surface area contributed by atoms with Gasteiger partial charge < -0.3 is 5.32 Å². The zero-order chi connectivity index (χ0) is 18.4. The predicted molar refractivity (Wildman–Crippen MR) is 104 cm³/mol. The van der Waals surface area contributed by atoms with Crippen LogP contribution in [0.5, 0.6) is 0 Å². The number of aromatic nitrogens is 2. The first-order valence-electron chi connectivity index (χ1n) is 9.25. The minimum absolute atomic E-state index is 0.0639. The van der Waals surface area contributed by atoms with Gasteiger partial charge in [-0.25, -0.2) is 0 Å².